The molecule has 4 rings (SSSR count). The Morgan fingerprint density at radius 2 is 1.04 bits per heavy atom. The number of hydrogen-bond acceptors (Lipinski definition) is 0. The maximum atomic E-state index is 2.71. The van der Waals surface area contributed by atoms with E-state index in [-0.39, 0.29) is 24.8 Å². The summed E-state index contributed by atoms with van der Waals surface area (Å²) in [5.41, 5.74) is 12.1. The summed E-state index contributed by atoms with van der Waals surface area (Å²) in [4.78, 5) is 0. The molecule has 150 valence electrons. The van der Waals surface area contributed by atoms with Crippen LogP contribution in [0.15, 0.2) is 47.5 Å². The van der Waals surface area contributed by atoms with Crippen molar-refractivity contribution in [1.82, 2.24) is 0 Å². The van der Waals surface area contributed by atoms with Gasteiger partial charge in [0.25, 0.3) is 0 Å². The first-order valence-corrected chi connectivity index (χ1v) is 23.4. The summed E-state index contributed by atoms with van der Waals surface area (Å²) in [5.74, 6) is 0. The van der Waals surface area contributed by atoms with E-state index in [0.29, 0.717) is 7.25 Å². The van der Waals surface area contributed by atoms with Crippen LogP contribution >= 0.6 is 24.8 Å². The molecule has 0 aromatic heterocycles. The van der Waals surface area contributed by atoms with Gasteiger partial charge in [-0.15, -0.1) is 24.8 Å². The number of benzene rings is 2. The van der Waals surface area contributed by atoms with E-state index in [1.165, 1.54) is 22.3 Å². The first kappa shape index (κ1) is 23.9. The van der Waals surface area contributed by atoms with E-state index < -0.39 is 17.4 Å². The van der Waals surface area contributed by atoms with E-state index in [2.05, 4.69) is 92.4 Å². The van der Waals surface area contributed by atoms with Gasteiger partial charge in [-0.3, -0.25) is 0 Å². The van der Waals surface area contributed by atoms with Crippen LogP contribution < -0.4 is 0 Å². The fourth-order valence-corrected chi connectivity index (χ4v) is 27.2. The van der Waals surface area contributed by atoms with Crippen LogP contribution in [0.1, 0.15) is 54.5 Å². The van der Waals surface area contributed by atoms with Crippen LogP contribution in [0.4, 0.5) is 0 Å². The molecular weight excluding hydrogens is 478 g/mol. The monoisotopic (exact) mass is 508 g/mol. The van der Waals surface area contributed by atoms with Crippen molar-refractivity contribution >= 4 is 43.8 Å². The van der Waals surface area contributed by atoms with Crippen LogP contribution in [0.25, 0.3) is 12.2 Å². The molecule has 0 saturated carbocycles. The number of allylic oxidation sites excluding steroid dienone is 2. The number of hydrogen-bond donors (Lipinski definition) is 0. The first-order chi connectivity index (χ1) is 12.1. The van der Waals surface area contributed by atoms with Crippen LogP contribution in [0.3, 0.4) is 0 Å². The molecule has 28 heavy (non-hydrogen) atoms. The first-order valence-electron chi connectivity index (χ1n) is 9.72. The van der Waals surface area contributed by atoms with Crippen molar-refractivity contribution in [3.05, 3.63) is 80.9 Å². The Bertz CT molecular complexity index is 993. The molecule has 2 unspecified atom stereocenters. The van der Waals surface area contributed by atoms with Crippen molar-refractivity contribution in [2.24, 2.45) is 0 Å². The van der Waals surface area contributed by atoms with E-state index in [9.17, 15) is 0 Å². The van der Waals surface area contributed by atoms with Gasteiger partial charge in [-0.05, 0) is 0 Å². The Morgan fingerprint density at radius 1 is 0.679 bits per heavy atom. The summed E-state index contributed by atoms with van der Waals surface area (Å²) >= 11 is -3.22. The molecule has 0 saturated heterocycles. The van der Waals surface area contributed by atoms with Gasteiger partial charge in [0.05, 0.1) is 0 Å². The second-order valence-electron chi connectivity index (χ2n) is 9.84. The Labute approximate surface area is 185 Å². The minimum Gasteiger partial charge on any atom is -0.147 e. The molecule has 2 aliphatic carbocycles. The molecule has 0 bridgehead atoms. The topological polar surface area (TPSA) is 0 Å². The number of aryl methyl sites for hydroxylation is 2. The number of rotatable bonds is 2. The van der Waals surface area contributed by atoms with Gasteiger partial charge in [0, 0.05) is 0 Å². The molecule has 0 spiro atoms. The van der Waals surface area contributed by atoms with Crippen LogP contribution in [-0.2, 0) is 17.4 Å². The Kier molecular flexibility index (Phi) is 6.56. The predicted octanol–water partition coefficient (Wildman–Crippen LogP) is 7.10. The third kappa shape index (κ3) is 3.60. The SMILES string of the molecule is CC1=Cc2ccc(C)cc2[CH]1[Zr]([CH3])([CH3])(=[SiH2])[CH]1C(C)=Cc2ccc(C)cc21.Cl.Cl. The molecule has 0 fully saturated rings. The minimum absolute atomic E-state index is 0. The van der Waals surface area contributed by atoms with E-state index in [0.717, 1.165) is 0 Å². The van der Waals surface area contributed by atoms with Crippen molar-refractivity contribution < 1.29 is 17.4 Å². The molecule has 0 amide bonds. The zero-order valence-corrected chi connectivity index (χ0v) is 23.3. The Morgan fingerprint density at radius 3 is 1.39 bits per heavy atom. The molecule has 0 nitrogen and oxygen atoms in total. The standard InChI is InChI=1S/2C11H11.2CH3.2ClH.H2Si.Zr/c2*1-8-3-4-10-6-9(2)7-11(10)5-8;;;;;;/h2*3-7H,1-2H3;2*1H3;2*1H;1H2;. The molecule has 2 aromatic rings. The Hall–Kier alpha value is -0.400. The maximum Gasteiger partial charge on any atom is -0.147 e. The van der Waals surface area contributed by atoms with Gasteiger partial charge in [-0.1, -0.05) is 0 Å². The maximum absolute atomic E-state index is 3.22. The summed E-state index contributed by atoms with van der Waals surface area (Å²) in [7, 11) is 0. The molecule has 0 radical (unpaired) electrons. The summed E-state index contributed by atoms with van der Waals surface area (Å²) in [6.45, 7) is 11.6. The predicted molar refractivity (Wildman–Crippen MR) is 130 cm³/mol. The molecule has 4 heteroatoms. The van der Waals surface area contributed by atoms with Crippen molar-refractivity contribution in [3.8, 4) is 0 Å². The van der Waals surface area contributed by atoms with E-state index in [1.807, 2.05) is 0 Å². The molecule has 0 heterocycles. The summed E-state index contributed by atoms with van der Waals surface area (Å²) in [6, 6.07) is 14.1. The van der Waals surface area contributed by atoms with Gasteiger partial charge >= 0.3 is 162 Å². The zero-order chi connectivity index (χ0) is 18.9. The van der Waals surface area contributed by atoms with Crippen molar-refractivity contribution in [3.63, 3.8) is 0 Å². The third-order valence-electron chi connectivity index (χ3n) is 6.68. The quantitative estimate of drug-likeness (QED) is 0.378. The Balaban J connectivity index is 0.00000140. The molecular formula is C24H32Cl2SiZr. The molecule has 2 aromatic carbocycles. The van der Waals surface area contributed by atoms with E-state index >= 15 is 0 Å². The average molecular weight is 511 g/mol. The van der Waals surface area contributed by atoms with Crippen LogP contribution in [0, 0.1) is 13.8 Å². The van der Waals surface area contributed by atoms with Crippen LogP contribution in [-0.4, -0.2) is 6.88 Å². The van der Waals surface area contributed by atoms with E-state index in [1.54, 1.807) is 22.3 Å². The number of halogens is 2. The summed E-state index contributed by atoms with van der Waals surface area (Å²) < 4.78 is 6.70. The van der Waals surface area contributed by atoms with Gasteiger partial charge in [0.15, 0.2) is 0 Å². The van der Waals surface area contributed by atoms with Crippen LogP contribution in [0.5, 0.6) is 0 Å². The van der Waals surface area contributed by atoms with Gasteiger partial charge in [-0.25, -0.2) is 0 Å². The minimum atomic E-state index is -3.22. The van der Waals surface area contributed by atoms with Crippen molar-refractivity contribution in [1.29, 1.82) is 0 Å². The largest absolute Gasteiger partial charge is 0.147 e. The fourth-order valence-electron chi connectivity index (χ4n) is 5.98. The zero-order valence-electron chi connectivity index (χ0n) is 17.8. The molecule has 2 aliphatic rings. The fraction of sp³-hybridized carbons (Fsp3) is 0.333. The summed E-state index contributed by atoms with van der Waals surface area (Å²) in [6.07, 6.45) is 4.91. The number of fused-ring (bicyclic) bond motifs is 2. The van der Waals surface area contributed by atoms with Crippen molar-refractivity contribution in [2.75, 3.05) is 0 Å². The van der Waals surface area contributed by atoms with Gasteiger partial charge in [0.2, 0.25) is 0 Å². The second-order valence-corrected chi connectivity index (χ2v) is 40.3. The van der Waals surface area contributed by atoms with E-state index in [4.69, 9.17) is 0 Å². The van der Waals surface area contributed by atoms with Gasteiger partial charge < -0.3 is 0 Å². The smallest absolute Gasteiger partial charge is 0.147 e. The van der Waals surface area contributed by atoms with Crippen LogP contribution in [0.2, 0.25) is 9.26 Å². The third-order valence-corrected chi connectivity index (χ3v) is 24.6. The normalized spacial score (nSPS) is 20.4. The molecule has 0 aliphatic heterocycles. The summed E-state index contributed by atoms with van der Waals surface area (Å²) in [5, 5.41) is 0. The van der Waals surface area contributed by atoms with Crippen molar-refractivity contribution in [2.45, 2.75) is 44.2 Å². The second kappa shape index (κ2) is 7.69. The average Bonchev–Trinajstić information content (AvgIpc) is 3.02. The molecule has 0 N–H and O–H groups in total. The van der Waals surface area contributed by atoms with Gasteiger partial charge in [-0.2, -0.15) is 0 Å². The molecule has 2 atom stereocenters. The van der Waals surface area contributed by atoms with Gasteiger partial charge in [0.1, 0.15) is 0 Å².